The van der Waals surface area contributed by atoms with Gasteiger partial charge in [0, 0.05) is 24.2 Å². The average molecular weight is 465 g/mol. The Labute approximate surface area is 194 Å². The van der Waals surface area contributed by atoms with Crippen molar-refractivity contribution in [3.63, 3.8) is 0 Å². The Kier molecular flexibility index (Phi) is 5.80. The standard InChI is InChI=1S/C25H28N4O3S/c1-16-7-5-8-17(2)24(16)21-14-23-28-25(27-21)29-33(30,31)19-10-6-9-18(13-19)15-26-20-11-3-4-12-22(20)32-23/h5-10,13-14,20,22,26H,3-4,11-12,15H2,1-2H3,(H,27,28,29)/t20-,22?/m1/s1. The first-order chi connectivity index (χ1) is 15.9. The third-order valence-corrected chi connectivity index (χ3v) is 7.74. The van der Waals surface area contributed by atoms with E-state index in [9.17, 15) is 8.42 Å². The highest BCUT2D eigenvalue weighted by Gasteiger charge is 2.28. The fraction of sp³-hybridized carbons (Fsp3) is 0.360. The van der Waals surface area contributed by atoms with E-state index in [-0.39, 0.29) is 23.0 Å². The van der Waals surface area contributed by atoms with E-state index in [0.29, 0.717) is 18.1 Å². The number of fused-ring (bicyclic) bond motifs is 5. The maximum absolute atomic E-state index is 13.2. The van der Waals surface area contributed by atoms with E-state index in [1.54, 1.807) is 18.2 Å². The van der Waals surface area contributed by atoms with Gasteiger partial charge in [-0.05, 0) is 61.9 Å². The fourth-order valence-electron chi connectivity index (χ4n) is 4.75. The van der Waals surface area contributed by atoms with Gasteiger partial charge in [-0.15, -0.1) is 0 Å². The molecule has 172 valence electrons. The molecule has 4 bridgehead atoms. The molecular weight excluding hydrogens is 436 g/mol. The third kappa shape index (κ3) is 4.58. The van der Waals surface area contributed by atoms with Crippen molar-refractivity contribution in [2.24, 2.45) is 0 Å². The molecule has 2 aliphatic rings. The molecule has 0 amide bonds. The number of rotatable bonds is 1. The molecule has 2 N–H and O–H groups in total. The number of ether oxygens (including phenoxy) is 1. The number of nitrogens with zero attached hydrogens (tertiary/aromatic N) is 2. The molecule has 1 aliphatic carbocycles. The molecule has 5 rings (SSSR count). The minimum absolute atomic E-state index is 0.00937. The Hall–Kier alpha value is -2.97. The molecule has 1 saturated carbocycles. The van der Waals surface area contributed by atoms with Crippen LogP contribution in [0.2, 0.25) is 0 Å². The summed E-state index contributed by atoms with van der Waals surface area (Å²) in [5, 5.41) is 3.58. The van der Waals surface area contributed by atoms with Crippen LogP contribution in [0.15, 0.2) is 53.4 Å². The zero-order valence-corrected chi connectivity index (χ0v) is 19.7. The first-order valence-corrected chi connectivity index (χ1v) is 12.8. The lowest BCUT2D eigenvalue weighted by Gasteiger charge is -2.32. The van der Waals surface area contributed by atoms with Crippen molar-refractivity contribution in [3.8, 4) is 17.1 Å². The minimum Gasteiger partial charge on any atom is -0.473 e. The Morgan fingerprint density at radius 3 is 2.55 bits per heavy atom. The lowest BCUT2D eigenvalue weighted by molar-refractivity contribution is 0.108. The van der Waals surface area contributed by atoms with E-state index >= 15 is 0 Å². The number of hydrogen-bond acceptors (Lipinski definition) is 6. The average Bonchev–Trinajstić information content (AvgIpc) is 2.78. The molecule has 0 radical (unpaired) electrons. The van der Waals surface area contributed by atoms with Crippen molar-refractivity contribution in [3.05, 3.63) is 65.2 Å². The zero-order valence-electron chi connectivity index (χ0n) is 18.8. The molecule has 1 aromatic heterocycles. The smallest absolute Gasteiger partial charge is 0.264 e. The van der Waals surface area contributed by atoms with Crippen LogP contribution in [-0.2, 0) is 16.6 Å². The Balaban J connectivity index is 1.66. The van der Waals surface area contributed by atoms with E-state index in [1.165, 1.54) is 0 Å². The molecule has 2 heterocycles. The van der Waals surface area contributed by atoms with Gasteiger partial charge in [-0.2, -0.15) is 4.98 Å². The molecule has 3 aromatic rings. The summed E-state index contributed by atoms with van der Waals surface area (Å²) >= 11 is 0. The van der Waals surface area contributed by atoms with Crippen molar-refractivity contribution in [1.29, 1.82) is 0 Å². The number of aromatic nitrogens is 2. The van der Waals surface area contributed by atoms with Gasteiger partial charge in [0.05, 0.1) is 10.6 Å². The molecule has 2 aromatic carbocycles. The summed E-state index contributed by atoms with van der Waals surface area (Å²) in [5.41, 5.74) is 4.60. The van der Waals surface area contributed by atoms with Gasteiger partial charge in [-0.3, -0.25) is 0 Å². The molecule has 1 unspecified atom stereocenters. The lowest BCUT2D eigenvalue weighted by Crippen LogP contribution is -2.45. The van der Waals surface area contributed by atoms with Crippen molar-refractivity contribution in [2.75, 3.05) is 4.72 Å². The molecule has 0 saturated heterocycles. The normalized spacial score (nSPS) is 21.9. The first kappa shape index (κ1) is 21.9. The van der Waals surface area contributed by atoms with Crippen LogP contribution < -0.4 is 14.8 Å². The van der Waals surface area contributed by atoms with Gasteiger partial charge in [0.15, 0.2) is 0 Å². The molecule has 33 heavy (non-hydrogen) atoms. The van der Waals surface area contributed by atoms with Crippen LogP contribution in [0.4, 0.5) is 5.95 Å². The Morgan fingerprint density at radius 1 is 0.970 bits per heavy atom. The summed E-state index contributed by atoms with van der Waals surface area (Å²) in [7, 11) is -3.86. The van der Waals surface area contributed by atoms with E-state index in [4.69, 9.17) is 4.74 Å². The molecular formula is C25H28N4O3S. The summed E-state index contributed by atoms with van der Waals surface area (Å²) < 4.78 is 35.3. The minimum atomic E-state index is -3.86. The van der Waals surface area contributed by atoms with Gasteiger partial charge >= 0.3 is 0 Å². The fourth-order valence-corrected chi connectivity index (χ4v) is 5.77. The van der Waals surface area contributed by atoms with Crippen LogP contribution in [0.3, 0.4) is 0 Å². The van der Waals surface area contributed by atoms with Gasteiger partial charge in [-0.25, -0.2) is 18.1 Å². The van der Waals surface area contributed by atoms with Crippen molar-refractivity contribution in [2.45, 2.75) is 63.1 Å². The molecule has 7 nitrogen and oxygen atoms in total. The largest absolute Gasteiger partial charge is 0.473 e. The lowest BCUT2D eigenvalue weighted by atomic mass is 9.92. The van der Waals surface area contributed by atoms with Crippen LogP contribution in [-0.4, -0.2) is 30.5 Å². The van der Waals surface area contributed by atoms with Crippen LogP contribution >= 0.6 is 0 Å². The van der Waals surface area contributed by atoms with Gasteiger partial charge in [0.2, 0.25) is 11.8 Å². The molecule has 1 aliphatic heterocycles. The SMILES string of the molecule is Cc1cccc(C)c1-c1cc2nc(n1)NS(=O)(=O)c1cccc(c1)CN[C@@H]1CCCCC1O2. The molecule has 2 atom stereocenters. The first-order valence-electron chi connectivity index (χ1n) is 11.4. The summed E-state index contributed by atoms with van der Waals surface area (Å²) in [5.74, 6) is 0.389. The summed E-state index contributed by atoms with van der Waals surface area (Å²) in [6.45, 7) is 4.61. The van der Waals surface area contributed by atoms with Crippen LogP contribution in [0.1, 0.15) is 42.4 Å². The Bertz CT molecular complexity index is 1270. The third-order valence-electron chi connectivity index (χ3n) is 6.42. The van der Waals surface area contributed by atoms with Gasteiger partial charge in [-0.1, -0.05) is 36.8 Å². The van der Waals surface area contributed by atoms with E-state index in [2.05, 4.69) is 20.0 Å². The van der Waals surface area contributed by atoms with Gasteiger partial charge < -0.3 is 10.1 Å². The summed E-state index contributed by atoms with van der Waals surface area (Å²) in [6, 6.07) is 15.0. The highest BCUT2D eigenvalue weighted by atomic mass is 32.2. The monoisotopic (exact) mass is 464 g/mol. The van der Waals surface area contributed by atoms with Gasteiger partial charge in [0.25, 0.3) is 10.0 Å². The summed E-state index contributed by atoms with van der Waals surface area (Å²) in [4.78, 5) is 9.23. The predicted molar refractivity (Wildman–Crippen MR) is 128 cm³/mol. The summed E-state index contributed by atoms with van der Waals surface area (Å²) in [6.07, 6.45) is 4.10. The maximum atomic E-state index is 13.2. The topological polar surface area (TPSA) is 93.2 Å². The number of nitrogens with one attached hydrogen (secondary N) is 2. The second-order valence-electron chi connectivity index (χ2n) is 8.86. The predicted octanol–water partition coefficient (Wildman–Crippen LogP) is 4.35. The van der Waals surface area contributed by atoms with E-state index < -0.39 is 10.0 Å². The molecule has 0 spiro atoms. The second-order valence-corrected chi connectivity index (χ2v) is 10.5. The van der Waals surface area contributed by atoms with Crippen LogP contribution in [0.5, 0.6) is 5.88 Å². The zero-order chi connectivity index (χ0) is 23.0. The Morgan fingerprint density at radius 2 is 1.73 bits per heavy atom. The highest BCUT2D eigenvalue weighted by molar-refractivity contribution is 7.92. The number of benzene rings is 2. The number of hydrogen-bond donors (Lipinski definition) is 2. The number of anilines is 1. The van der Waals surface area contributed by atoms with E-state index in [0.717, 1.165) is 47.9 Å². The quantitative estimate of drug-likeness (QED) is 0.556. The highest BCUT2D eigenvalue weighted by Crippen LogP contribution is 2.31. The maximum Gasteiger partial charge on any atom is 0.264 e. The van der Waals surface area contributed by atoms with Crippen LogP contribution in [0, 0.1) is 13.8 Å². The van der Waals surface area contributed by atoms with Crippen LogP contribution in [0.25, 0.3) is 11.3 Å². The van der Waals surface area contributed by atoms with Gasteiger partial charge in [0.1, 0.15) is 6.10 Å². The second kappa shape index (κ2) is 8.76. The van der Waals surface area contributed by atoms with Crippen molar-refractivity contribution >= 4 is 16.0 Å². The van der Waals surface area contributed by atoms with Crippen molar-refractivity contribution in [1.82, 2.24) is 15.3 Å². The van der Waals surface area contributed by atoms with E-state index in [1.807, 2.05) is 44.2 Å². The number of aryl methyl sites for hydroxylation is 2. The van der Waals surface area contributed by atoms with Crippen molar-refractivity contribution < 1.29 is 13.2 Å². The molecule has 1 fully saturated rings. The molecule has 8 heteroatoms. The number of sulfonamides is 1.